The third-order valence-corrected chi connectivity index (χ3v) is 4.05. The Hall–Kier alpha value is -2.35. The monoisotopic (exact) mass is 304 g/mol. The van der Waals surface area contributed by atoms with Crippen molar-refractivity contribution in [2.24, 2.45) is 14.1 Å². The summed E-state index contributed by atoms with van der Waals surface area (Å²) < 4.78 is 9.21. The number of rotatable bonds is 3. The van der Waals surface area contributed by atoms with Crippen LogP contribution in [-0.2, 0) is 18.8 Å². The van der Waals surface area contributed by atoms with E-state index in [9.17, 15) is 4.79 Å². The second-order valence-corrected chi connectivity index (χ2v) is 5.43. The number of hydrogen-bond donors (Lipinski definition) is 2. The molecule has 1 fully saturated rings. The van der Waals surface area contributed by atoms with Crippen LogP contribution in [0.15, 0.2) is 18.5 Å². The van der Waals surface area contributed by atoms with Crippen molar-refractivity contribution in [2.75, 3.05) is 11.9 Å². The minimum atomic E-state index is -0.259. The SMILES string of the molecule is Cc1c([C@H]2OCC[C@@H]2NC(=O)Nc2ccnn2C)cnn1C. The molecule has 2 N–H and O–H groups in total. The van der Waals surface area contributed by atoms with Gasteiger partial charge in [0.25, 0.3) is 0 Å². The molecule has 0 radical (unpaired) electrons. The first-order valence-corrected chi connectivity index (χ1v) is 7.22. The number of aryl methyl sites for hydroxylation is 2. The van der Waals surface area contributed by atoms with Crippen LogP contribution < -0.4 is 10.6 Å². The highest BCUT2D eigenvalue weighted by Gasteiger charge is 2.33. The Morgan fingerprint density at radius 1 is 1.36 bits per heavy atom. The third kappa shape index (κ3) is 2.69. The third-order valence-electron chi connectivity index (χ3n) is 4.05. The number of nitrogens with zero attached hydrogens (tertiary/aromatic N) is 4. The maximum atomic E-state index is 12.1. The van der Waals surface area contributed by atoms with E-state index in [-0.39, 0.29) is 18.2 Å². The summed E-state index contributed by atoms with van der Waals surface area (Å²) in [4.78, 5) is 12.1. The second kappa shape index (κ2) is 5.80. The highest BCUT2D eigenvalue weighted by atomic mass is 16.5. The molecule has 3 heterocycles. The zero-order chi connectivity index (χ0) is 15.7. The van der Waals surface area contributed by atoms with Crippen molar-refractivity contribution in [3.05, 3.63) is 29.7 Å². The first kappa shape index (κ1) is 14.6. The minimum Gasteiger partial charge on any atom is -0.371 e. The number of carbonyl (C=O) groups is 1. The van der Waals surface area contributed by atoms with Crippen molar-refractivity contribution in [1.29, 1.82) is 0 Å². The number of anilines is 1. The van der Waals surface area contributed by atoms with Gasteiger partial charge in [0.05, 0.1) is 18.4 Å². The molecule has 0 unspecified atom stereocenters. The van der Waals surface area contributed by atoms with Gasteiger partial charge in [0, 0.05) is 38.0 Å². The lowest BCUT2D eigenvalue weighted by Crippen LogP contribution is -2.40. The zero-order valence-corrected chi connectivity index (χ0v) is 12.9. The summed E-state index contributed by atoms with van der Waals surface area (Å²) in [7, 11) is 3.67. The normalized spacial score (nSPS) is 21.0. The Balaban J connectivity index is 1.67. The summed E-state index contributed by atoms with van der Waals surface area (Å²) in [5.41, 5.74) is 2.07. The molecule has 8 heteroatoms. The molecule has 1 saturated heterocycles. The highest BCUT2D eigenvalue weighted by molar-refractivity contribution is 5.88. The van der Waals surface area contributed by atoms with E-state index < -0.39 is 0 Å². The number of amides is 2. The van der Waals surface area contributed by atoms with Crippen molar-refractivity contribution in [3.63, 3.8) is 0 Å². The molecular formula is C14H20N6O2. The molecule has 0 spiro atoms. The summed E-state index contributed by atoms with van der Waals surface area (Å²) in [5, 5.41) is 14.0. The van der Waals surface area contributed by atoms with Crippen LogP contribution in [0.2, 0.25) is 0 Å². The molecule has 2 atom stereocenters. The Kier molecular flexibility index (Phi) is 3.84. The van der Waals surface area contributed by atoms with Crippen molar-refractivity contribution >= 4 is 11.8 Å². The van der Waals surface area contributed by atoms with Gasteiger partial charge in [-0.15, -0.1) is 0 Å². The van der Waals surface area contributed by atoms with Crippen LogP contribution >= 0.6 is 0 Å². The molecular weight excluding hydrogens is 284 g/mol. The Morgan fingerprint density at radius 2 is 2.18 bits per heavy atom. The highest BCUT2D eigenvalue weighted by Crippen LogP contribution is 2.30. The van der Waals surface area contributed by atoms with Gasteiger partial charge in [0.15, 0.2) is 0 Å². The van der Waals surface area contributed by atoms with E-state index in [4.69, 9.17) is 4.74 Å². The lowest BCUT2D eigenvalue weighted by atomic mass is 10.0. The van der Waals surface area contributed by atoms with E-state index in [1.807, 2.05) is 18.7 Å². The van der Waals surface area contributed by atoms with E-state index in [2.05, 4.69) is 20.8 Å². The molecule has 1 aliphatic heterocycles. The maximum Gasteiger partial charge on any atom is 0.320 e. The number of hydrogen-bond acceptors (Lipinski definition) is 4. The van der Waals surface area contributed by atoms with E-state index >= 15 is 0 Å². The van der Waals surface area contributed by atoms with Gasteiger partial charge >= 0.3 is 6.03 Å². The van der Waals surface area contributed by atoms with Gasteiger partial charge < -0.3 is 10.1 Å². The molecule has 118 valence electrons. The van der Waals surface area contributed by atoms with E-state index in [0.717, 1.165) is 17.7 Å². The molecule has 2 aromatic rings. The molecule has 0 bridgehead atoms. The molecule has 2 aromatic heterocycles. The lowest BCUT2D eigenvalue weighted by molar-refractivity contribution is 0.0998. The fourth-order valence-electron chi connectivity index (χ4n) is 2.66. The summed E-state index contributed by atoms with van der Waals surface area (Å²) >= 11 is 0. The number of nitrogens with one attached hydrogen (secondary N) is 2. The second-order valence-electron chi connectivity index (χ2n) is 5.43. The van der Waals surface area contributed by atoms with Crippen LogP contribution in [0.25, 0.3) is 0 Å². The molecule has 0 saturated carbocycles. The molecule has 2 amide bonds. The fraction of sp³-hybridized carbons (Fsp3) is 0.500. The summed E-state index contributed by atoms with van der Waals surface area (Å²) in [6, 6.07) is 1.41. The molecule has 3 rings (SSSR count). The smallest absolute Gasteiger partial charge is 0.320 e. The van der Waals surface area contributed by atoms with E-state index in [1.165, 1.54) is 0 Å². The predicted octanol–water partition coefficient (Wildman–Crippen LogP) is 1.11. The van der Waals surface area contributed by atoms with Gasteiger partial charge in [-0.2, -0.15) is 10.2 Å². The van der Waals surface area contributed by atoms with Crippen molar-refractivity contribution in [1.82, 2.24) is 24.9 Å². The number of aromatic nitrogens is 4. The lowest BCUT2D eigenvalue weighted by Gasteiger charge is -2.20. The van der Waals surface area contributed by atoms with Gasteiger partial charge in [0.1, 0.15) is 11.9 Å². The first-order chi connectivity index (χ1) is 10.6. The van der Waals surface area contributed by atoms with Crippen molar-refractivity contribution in [3.8, 4) is 0 Å². The van der Waals surface area contributed by atoms with Gasteiger partial charge in [-0.3, -0.25) is 14.7 Å². The Bertz CT molecular complexity index is 677. The Labute approximate surface area is 128 Å². The molecule has 0 aliphatic carbocycles. The molecule has 8 nitrogen and oxygen atoms in total. The first-order valence-electron chi connectivity index (χ1n) is 7.22. The van der Waals surface area contributed by atoms with Crippen molar-refractivity contribution < 1.29 is 9.53 Å². The maximum absolute atomic E-state index is 12.1. The summed E-state index contributed by atoms with van der Waals surface area (Å²) in [5.74, 6) is 0.644. The average molecular weight is 304 g/mol. The van der Waals surface area contributed by atoms with E-state index in [0.29, 0.717) is 12.4 Å². The van der Waals surface area contributed by atoms with Crippen molar-refractivity contribution in [2.45, 2.75) is 25.5 Å². The van der Waals surface area contributed by atoms with E-state index in [1.54, 1.807) is 30.2 Å². The van der Waals surface area contributed by atoms with Crippen LogP contribution in [0.4, 0.5) is 10.6 Å². The van der Waals surface area contributed by atoms with Gasteiger partial charge in [-0.25, -0.2) is 4.79 Å². The zero-order valence-electron chi connectivity index (χ0n) is 12.9. The standard InChI is InChI=1S/C14H20N6O2/c1-9-10(8-16-19(9)2)13-11(5-7-22-13)17-14(21)18-12-4-6-15-20(12)3/h4,6,8,11,13H,5,7H2,1-3H3,(H2,17,18,21)/t11-,13+/m0/s1. The van der Waals surface area contributed by atoms with Crippen LogP contribution in [0.5, 0.6) is 0 Å². The number of carbonyl (C=O) groups excluding carboxylic acids is 1. The minimum absolute atomic E-state index is 0.0730. The molecule has 22 heavy (non-hydrogen) atoms. The predicted molar refractivity (Wildman–Crippen MR) is 80.4 cm³/mol. The topological polar surface area (TPSA) is 86.0 Å². The molecule has 1 aliphatic rings. The largest absolute Gasteiger partial charge is 0.371 e. The number of ether oxygens (including phenoxy) is 1. The van der Waals surface area contributed by atoms with Crippen LogP contribution in [-0.4, -0.2) is 38.2 Å². The quantitative estimate of drug-likeness (QED) is 0.889. The Morgan fingerprint density at radius 3 is 2.82 bits per heavy atom. The van der Waals surface area contributed by atoms with Gasteiger partial charge in [-0.1, -0.05) is 0 Å². The summed E-state index contributed by atoms with van der Waals surface area (Å²) in [6.45, 7) is 2.62. The fourth-order valence-corrected chi connectivity index (χ4v) is 2.66. The van der Waals surface area contributed by atoms with Crippen LogP contribution in [0.1, 0.15) is 23.8 Å². The molecule has 0 aromatic carbocycles. The summed E-state index contributed by atoms with van der Waals surface area (Å²) in [6.07, 6.45) is 4.05. The van der Waals surface area contributed by atoms with Gasteiger partial charge in [-0.05, 0) is 13.3 Å². The number of urea groups is 1. The van der Waals surface area contributed by atoms with Crippen LogP contribution in [0, 0.1) is 6.92 Å². The van der Waals surface area contributed by atoms with Crippen LogP contribution in [0.3, 0.4) is 0 Å². The van der Waals surface area contributed by atoms with Gasteiger partial charge in [0.2, 0.25) is 0 Å². The average Bonchev–Trinajstić information content (AvgIpc) is 3.16.